The molecule has 5 nitrogen and oxygen atoms in total. The molecule has 0 heterocycles. The Morgan fingerprint density at radius 2 is 2.17 bits per heavy atom. The van der Waals surface area contributed by atoms with E-state index in [0.29, 0.717) is 16.8 Å². The third-order valence-corrected chi connectivity index (χ3v) is 4.00. The van der Waals surface area contributed by atoms with E-state index in [4.69, 9.17) is 9.84 Å². The number of hydrogen-bond donors (Lipinski definition) is 2. The number of aliphatic hydroxyl groups excluding tert-OH is 1. The maximum atomic E-state index is 12.1. The van der Waals surface area contributed by atoms with Crippen molar-refractivity contribution in [3.05, 3.63) is 22.7 Å². The van der Waals surface area contributed by atoms with Crippen LogP contribution in [0.1, 0.15) is 13.8 Å². The van der Waals surface area contributed by atoms with Crippen molar-refractivity contribution in [2.45, 2.75) is 24.8 Å². The summed E-state index contributed by atoms with van der Waals surface area (Å²) in [5.41, 5.74) is 0. The molecular weight excluding hydrogens is 322 g/mol. The van der Waals surface area contributed by atoms with Gasteiger partial charge in [-0.3, -0.25) is 0 Å². The first-order chi connectivity index (χ1) is 8.36. The zero-order chi connectivity index (χ0) is 13.8. The molecule has 2 N–H and O–H groups in total. The zero-order valence-corrected chi connectivity index (χ0v) is 12.6. The summed E-state index contributed by atoms with van der Waals surface area (Å²) in [6, 6.07) is 4.76. The molecule has 0 fully saturated rings. The van der Waals surface area contributed by atoms with Gasteiger partial charge in [0.25, 0.3) is 0 Å². The van der Waals surface area contributed by atoms with Crippen LogP contribution in [0.3, 0.4) is 0 Å². The van der Waals surface area contributed by atoms with Gasteiger partial charge >= 0.3 is 0 Å². The molecule has 0 amide bonds. The maximum absolute atomic E-state index is 12.1. The Bertz CT molecular complexity index is 502. The van der Waals surface area contributed by atoms with Crippen LogP contribution in [0, 0.1) is 0 Å². The van der Waals surface area contributed by atoms with Gasteiger partial charge < -0.3 is 9.84 Å². The molecule has 0 saturated heterocycles. The number of ether oxygens (including phenoxy) is 1. The Balaban J connectivity index is 3.09. The van der Waals surface area contributed by atoms with Gasteiger partial charge in [-0.2, -0.15) is 0 Å². The number of aliphatic hydroxyl groups is 1. The molecule has 0 saturated carbocycles. The third-order valence-electron chi connectivity index (χ3n) is 2.06. The van der Waals surface area contributed by atoms with Crippen LogP contribution in [0.4, 0.5) is 0 Å². The van der Waals surface area contributed by atoms with Crippen LogP contribution in [-0.2, 0) is 10.0 Å². The lowest BCUT2D eigenvalue weighted by atomic mass is 10.3. The van der Waals surface area contributed by atoms with E-state index < -0.39 is 16.1 Å². The highest BCUT2D eigenvalue weighted by molar-refractivity contribution is 9.10. The maximum Gasteiger partial charge on any atom is 0.244 e. The van der Waals surface area contributed by atoms with Crippen LogP contribution < -0.4 is 9.46 Å². The number of benzene rings is 1. The van der Waals surface area contributed by atoms with Gasteiger partial charge in [0.1, 0.15) is 10.6 Å². The average molecular weight is 338 g/mol. The van der Waals surface area contributed by atoms with Crippen LogP contribution in [-0.4, -0.2) is 32.8 Å². The first-order valence-corrected chi connectivity index (χ1v) is 7.74. The van der Waals surface area contributed by atoms with Crippen molar-refractivity contribution in [2.24, 2.45) is 0 Å². The molecule has 18 heavy (non-hydrogen) atoms. The highest BCUT2D eigenvalue weighted by Gasteiger charge is 2.20. The van der Waals surface area contributed by atoms with Crippen LogP contribution in [0.15, 0.2) is 27.6 Å². The minimum absolute atomic E-state index is 0.0413. The first kappa shape index (κ1) is 15.4. The SMILES string of the molecule is CCOc1ccc(Br)cc1S(=O)(=O)NC[C@H](C)O. The summed E-state index contributed by atoms with van der Waals surface area (Å²) >= 11 is 3.22. The lowest BCUT2D eigenvalue weighted by Gasteiger charge is -2.13. The van der Waals surface area contributed by atoms with E-state index >= 15 is 0 Å². The van der Waals surface area contributed by atoms with Crippen LogP contribution >= 0.6 is 15.9 Å². The van der Waals surface area contributed by atoms with Gasteiger partial charge in [-0.1, -0.05) is 15.9 Å². The van der Waals surface area contributed by atoms with Crippen molar-refractivity contribution in [1.82, 2.24) is 4.72 Å². The largest absolute Gasteiger partial charge is 0.492 e. The minimum Gasteiger partial charge on any atom is -0.492 e. The second-order valence-corrected chi connectivity index (χ2v) is 6.38. The van der Waals surface area contributed by atoms with Gasteiger partial charge in [-0.05, 0) is 32.0 Å². The van der Waals surface area contributed by atoms with E-state index in [-0.39, 0.29) is 11.4 Å². The summed E-state index contributed by atoms with van der Waals surface area (Å²) in [6.45, 7) is 3.62. The van der Waals surface area contributed by atoms with Crippen molar-refractivity contribution < 1.29 is 18.3 Å². The van der Waals surface area contributed by atoms with Gasteiger partial charge in [-0.15, -0.1) is 0 Å². The van der Waals surface area contributed by atoms with Crippen molar-refractivity contribution in [1.29, 1.82) is 0 Å². The molecule has 0 aromatic heterocycles. The van der Waals surface area contributed by atoms with Crippen LogP contribution in [0.5, 0.6) is 5.75 Å². The Morgan fingerprint density at radius 1 is 1.50 bits per heavy atom. The monoisotopic (exact) mass is 337 g/mol. The fourth-order valence-corrected chi connectivity index (χ4v) is 3.08. The Hall–Kier alpha value is -0.630. The second-order valence-electron chi connectivity index (χ2n) is 3.72. The molecule has 102 valence electrons. The molecular formula is C11H16BrNO4S. The Labute approximate surface area is 115 Å². The number of hydrogen-bond acceptors (Lipinski definition) is 4. The van der Waals surface area contributed by atoms with Gasteiger partial charge in [0, 0.05) is 11.0 Å². The van der Waals surface area contributed by atoms with E-state index in [9.17, 15) is 8.42 Å². The number of rotatable bonds is 6. The molecule has 0 spiro atoms. The summed E-state index contributed by atoms with van der Waals surface area (Å²) in [7, 11) is -3.70. The highest BCUT2D eigenvalue weighted by atomic mass is 79.9. The molecule has 0 aliphatic rings. The third kappa shape index (κ3) is 4.24. The molecule has 0 unspecified atom stereocenters. The predicted octanol–water partition coefficient (Wildman–Crippen LogP) is 1.51. The van der Waals surface area contributed by atoms with Gasteiger partial charge in [0.2, 0.25) is 10.0 Å². The molecule has 1 aromatic rings. The number of sulfonamides is 1. The predicted molar refractivity (Wildman–Crippen MR) is 72.2 cm³/mol. The highest BCUT2D eigenvalue weighted by Crippen LogP contribution is 2.27. The number of nitrogens with one attached hydrogen (secondary N) is 1. The van der Waals surface area contributed by atoms with E-state index in [1.54, 1.807) is 19.1 Å². The molecule has 1 rings (SSSR count). The van der Waals surface area contributed by atoms with E-state index in [2.05, 4.69) is 20.7 Å². The molecule has 0 aliphatic carbocycles. The summed E-state index contributed by atoms with van der Waals surface area (Å²) in [4.78, 5) is 0.0550. The lowest BCUT2D eigenvalue weighted by Crippen LogP contribution is -2.31. The summed E-state index contributed by atoms with van der Waals surface area (Å²) in [5.74, 6) is 0.291. The standard InChI is InChI=1S/C11H16BrNO4S/c1-3-17-10-5-4-9(12)6-11(10)18(15,16)13-7-8(2)14/h4-6,8,13-14H,3,7H2,1-2H3/t8-/m0/s1. The fourth-order valence-electron chi connectivity index (χ4n) is 1.27. The van der Waals surface area contributed by atoms with E-state index in [1.165, 1.54) is 13.0 Å². The molecule has 1 atom stereocenters. The number of halogens is 1. The Morgan fingerprint density at radius 3 is 2.72 bits per heavy atom. The second kappa shape index (κ2) is 6.51. The van der Waals surface area contributed by atoms with Crippen molar-refractivity contribution in [3.63, 3.8) is 0 Å². The zero-order valence-electron chi connectivity index (χ0n) is 10.2. The molecule has 7 heteroatoms. The van der Waals surface area contributed by atoms with Crippen LogP contribution in [0.25, 0.3) is 0 Å². The first-order valence-electron chi connectivity index (χ1n) is 5.47. The molecule has 0 bridgehead atoms. The Kier molecular flexibility index (Phi) is 5.58. The summed E-state index contributed by atoms with van der Waals surface area (Å²) in [6.07, 6.45) is -0.748. The van der Waals surface area contributed by atoms with Gasteiger partial charge in [0.05, 0.1) is 12.7 Å². The van der Waals surface area contributed by atoms with Crippen LogP contribution in [0.2, 0.25) is 0 Å². The lowest BCUT2D eigenvalue weighted by molar-refractivity contribution is 0.198. The molecule has 0 aliphatic heterocycles. The summed E-state index contributed by atoms with van der Waals surface area (Å²) < 4.78 is 32.4. The molecule has 0 radical (unpaired) electrons. The molecule has 1 aromatic carbocycles. The fraction of sp³-hybridized carbons (Fsp3) is 0.455. The topological polar surface area (TPSA) is 75.6 Å². The smallest absolute Gasteiger partial charge is 0.244 e. The summed E-state index contributed by atoms with van der Waals surface area (Å²) in [5, 5.41) is 9.12. The van der Waals surface area contributed by atoms with E-state index in [0.717, 1.165) is 0 Å². The van der Waals surface area contributed by atoms with Gasteiger partial charge in [0.15, 0.2) is 0 Å². The van der Waals surface area contributed by atoms with Crippen molar-refractivity contribution in [3.8, 4) is 5.75 Å². The average Bonchev–Trinajstić information content (AvgIpc) is 2.29. The van der Waals surface area contributed by atoms with Gasteiger partial charge in [-0.25, -0.2) is 13.1 Å². The minimum atomic E-state index is -3.70. The van der Waals surface area contributed by atoms with Crippen molar-refractivity contribution >= 4 is 26.0 Å². The van der Waals surface area contributed by atoms with E-state index in [1.807, 2.05) is 0 Å². The normalized spacial score (nSPS) is 13.3. The quantitative estimate of drug-likeness (QED) is 0.824. The van der Waals surface area contributed by atoms with Crippen molar-refractivity contribution in [2.75, 3.05) is 13.2 Å².